The number of methoxy groups -OCH3 is 1. The van der Waals surface area contributed by atoms with Gasteiger partial charge in [0, 0.05) is 6.42 Å². The Kier molecular flexibility index (Phi) is 5.23. The summed E-state index contributed by atoms with van der Waals surface area (Å²) in [5.74, 6) is 0.876. The van der Waals surface area contributed by atoms with Crippen LogP contribution in [-0.2, 0) is 14.6 Å². The zero-order chi connectivity index (χ0) is 16.9. The van der Waals surface area contributed by atoms with Crippen LogP contribution in [0.15, 0.2) is 53.4 Å². The number of hydrogen-bond donors (Lipinski definition) is 1. The van der Waals surface area contributed by atoms with Crippen molar-refractivity contribution in [2.75, 3.05) is 12.9 Å². The van der Waals surface area contributed by atoms with Crippen molar-refractivity contribution in [2.45, 2.75) is 11.3 Å². The summed E-state index contributed by atoms with van der Waals surface area (Å²) < 4.78 is 34.7. The highest BCUT2D eigenvalue weighted by molar-refractivity contribution is 7.91. The predicted octanol–water partition coefficient (Wildman–Crippen LogP) is 2.14. The molecule has 2 rings (SSSR count). The van der Waals surface area contributed by atoms with Crippen LogP contribution in [0.4, 0.5) is 0 Å². The van der Waals surface area contributed by atoms with Gasteiger partial charge in [-0.25, -0.2) is 8.42 Å². The highest BCUT2D eigenvalue weighted by Crippen LogP contribution is 2.25. The van der Waals surface area contributed by atoms with Gasteiger partial charge in [-0.2, -0.15) is 0 Å². The summed E-state index contributed by atoms with van der Waals surface area (Å²) in [4.78, 5) is 10.8. The van der Waals surface area contributed by atoms with E-state index in [4.69, 9.17) is 15.2 Å². The molecular formula is C16H17NO5S. The van der Waals surface area contributed by atoms with E-state index >= 15 is 0 Å². The number of ether oxygens (including phenoxy) is 2. The van der Waals surface area contributed by atoms with Gasteiger partial charge < -0.3 is 15.2 Å². The first-order valence-electron chi connectivity index (χ1n) is 6.84. The van der Waals surface area contributed by atoms with Crippen LogP contribution in [0.2, 0.25) is 0 Å². The van der Waals surface area contributed by atoms with E-state index in [-0.39, 0.29) is 17.1 Å². The van der Waals surface area contributed by atoms with E-state index in [0.717, 1.165) is 0 Å². The molecule has 0 bridgehead atoms. The maximum absolute atomic E-state index is 12.0. The van der Waals surface area contributed by atoms with Crippen LogP contribution < -0.4 is 15.2 Å². The standard InChI is InChI=1S/C16H17NO5S/c1-21-12-2-4-13(5-3-12)22-14-6-8-15(9-7-14)23(19,20)11-10-16(17)18/h2-9H,10-11H2,1H3,(H2,17,18). The first kappa shape index (κ1) is 16.8. The Bertz CT molecular complexity index is 767. The molecule has 7 heteroatoms. The molecule has 1 amide bonds. The molecule has 0 radical (unpaired) electrons. The molecule has 2 N–H and O–H groups in total. The molecular weight excluding hydrogens is 318 g/mol. The number of carbonyl (C=O) groups excluding carboxylic acids is 1. The van der Waals surface area contributed by atoms with Crippen LogP contribution in [0.5, 0.6) is 17.2 Å². The van der Waals surface area contributed by atoms with Crippen LogP contribution in [0.25, 0.3) is 0 Å². The Labute approximate surface area is 134 Å². The van der Waals surface area contributed by atoms with Crippen molar-refractivity contribution in [3.05, 3.63) is 48.5 Å². The molecule has 6 nitrogen and oxygen atoms in total. The van der Waals surface area contributed by atoms with Gasteiger partial charge in [0.1, 0.15) is 17.2 Å². The van der Waals surface area contributed by atoms with E-state index in [0.29, 0.717) is 17.2 Å². The minimum Gasteiger partial charge on any atom is -0.497 e. The van der Waals surface area contributed by atoms with Gasteiger partial charge in [-0.1, -0.05) is 0 Å². The van der Waals surface area contributed by atoms with Gasteiger partial charge in [0.15, 0.2) is 9.84 Å². The fourth-order valence-electron chi connectivity index (χ4n) is 1.85. The molecule has 122 valence electrons. The summed E-state index contributed by atoms with van der Waals surface area (Å²) in [6.45, 7) is 0. The number of benzene rings is 2. The number of hydrogen-bond acceptors (Lipinski definition) is 5. The second kappa shape index (κ2) is 7.15. The van der Waals surface area contributed by atoms with Crippen molar-refractivity contribution in [3.63, 3.8) is 0 Å². The van der Waals surface area contributed by atoms with Gasteiger partial charge in [0.05, 0.1) is 17.8 Å². The molecule has 23 heavy (non-hydrogen) atoms. The molecule has 0 aliphatic heterocycles. The monoisotopic (exact) mass is 335 g/mol. The third-order valence-electron chi connectivity index (χ3n) is 3.10. The van der Waals surface area contributed by atoms with Gasteiger partial charge in [-0.15, -0.1) is 0 Å². The average Bonchev–Trinajstić information content (AvgIpc) is 2.54. The van der Waals surface area contributed by atoms with Crippen molar-refractivity contribution in [2.24, 2.45) is 5.73 Å². The molecule has 0 atom stereocenters. The van der Waals surface area contributed by atoms with Gasteiger partial charge in [-0.3, -0.25) is 4.79 Å². The summed E-state index contributed by atoms with van der Waals surface area (Å²) in [6, 6.07) is 13.0. The fourth-order valence-corrected chi connectivity index (χ4v) is 3.10. The second-order valence-corrected chi connectivity index (χ2v) is 6.89. The molecule has 0 saturated heterocycles. The van der Waals surface area contributed by atoms with E-state index in [1.54, 1.807) is 43.5 Å². The van der Waals surface area contributed by atoms with Crippen molar-refractivity contribution >= 4 is 15.7 Å². The first-order chi connectivity index (χ1) is 10.9. The number of primary amides is 1. The highest BCUT2D eigenvalue weighted by atomic mass is 32.2. The van der Waals surface area contributed by atoms with Gasteiger partial charge in [0.25, 0.3) is 0 Å². The van der Waals surface area contributed by atoms with Crippen molar-refractivity contribution in [1.82, 2.24) is 0 Å². The molecule has 0 unspecified atom stereocenters. The Morgan fingerprint density at radius 2 is 1.43 bits per heavy atom. The van der Waals surface area contributed by atoms with Crippen LogP contribution >= 0.6 is 0 Å². The van der Waals surface area contributed by atoms with Crippen LogP contribution in [0, 0.1) is 0 Å². The van der Waals surface area contributed by atoms with Crippen LogP contribution in [0.3, 0.4) is 0 Å². The molecule has 0 spiro atoms. The number of carbonyl (C=O) groups is 1. The van der Waals surface area contributed by atoms with Crippen molar-refractivity contribution in [3.8, 4) is 17.2 Å². The molecule has 0 aliphatic carbocycles. The third-order valence-corrected chi connectivity index (χ3v) is 4.83. The Morgan fingerprint density at radius 1 is 0.957 bits per heavy atom. The van der Waals surface area contributed by atoms with E-state index in [2.05, 4.69) is 0 Å². The largest absolute Gasteiger partial charge is 0.497 e. The summed E-state index contributed by atoms with van der Waals surface area (Å²) >= 11 is 0. The van der Waals surface area contributed by atoms with E-state index in [9.17, 15) is 13.2 Å². The maximum Gasteiger partial charge on any atom is 0.218 e. The minimum absolute atomic E-state index is 0.126. The summed E-state index contributed by atoms with van der Waals surface area (Å²) in [6.07, 6.45) is -0.202. The van der Waals surface area contributed by atoms with Gasteiger partial charge >= 0.3 is 0 Å². The first-order valence-corrected chi connectivity index (χ1v) is 8.49. The molecule has 0 fully saturated rings. The van der Waals surface area contributed by atoms with Crippen molar-refractivity contribution < 1.29 is 22.7 Å². The molecule has 0 heterocycles. The number of rotatable bonds is 7. The van der Waals surface area contributed by atoms with Crippen LogP contribution in [0.1, 0.15) is 6.42 Å². The summed E-state index contributed by atoms with van der Waals surface area (Å²) in [5, 5.41) is 0. The smallest absolute Gasteiger partial charge is 0.218 e. The fraction of sp³-hybridized carbons (Fsp3) is 0.188. The molecule has 0 saturated carbocycles. The zero-order valence-corrected chi connectivity index (χ0v) is 13.4. The normalized spacial score (nSPS) is 11.0. The summed E-state index contributed by atoms with van der Waals surface area (Å²) in [5.41, 5.74) is 4.98. The molecule has 2 aromatic rings. The van der Waals surface area contributed by atoms with E-state index in [1.165, 1.54) is 12.1 Å². The Morgan fingerprint density at radius 3 is 1.91 bits per heavy atom. The lowest BCUT2D eigenvalue weighted by Crippen LogP contribution is -2.17. The summed E-state index contributed by atoms with van der Waals surface area (Å²) in [7, 11) is -1.95. The lowest BCUT2D eigenvalue weighted by atomic mass is 10.3. The van der Waals surface area contributed by atoms with Gasteiger partial charge in [0.2, 0.25) is 5.91 Å². The van der Waals surface area contributed by atoms with E-state index in [1.807, 2.05) is 0 Å². The van der Waals surface area contributed by atoms with Crippen LogP contribution in [-0.4, -0.2) is 27.2 Å². The van der Waals surface area contributed by atoms with Gasteiger partial charge in [-0.05, 0) is 48.5 Å². The third kappa shape index (κ3) is 4.72. The SMILES string of the molecule is COc1ccc(Oc2ccc(S(=O)(=O)CCC(N)=O)cc2)cc1. The van der Waals surface area contributed by atoms with E-state index < -0.39 is 15.7 Å². The zero-order valence-electron chi connectivity index (χ0n) is 12.6. The minimum atomic E-state index is -3.53. The molecule has 2 aromatic carbocycles. The lowest BCUT2D eigenvalue weighted by molar-refractivity contribution is -0.117. The number of sulfone groups is 1. The lowest BCUT2D eigenvalue weighted by Gasteiger charge is -2.08. The maximum atomic E-state index is 12.0. The molecule has 0 aliphatic rings. The Hall–Kier alpha value is -2.54. The number of amides is 1. The molecule has 0 aromatic heterocycles. The quantitative estimate of drug-likeness (QED) is 0.836. The highest BCUT2D eigenvalue weighted by Gasteiger charge is 2.15. The van der Waals surface area contributed by atoms with Crippen molar-refractivity contribution in [1.29, 1.82) is 0 Å². The topological polar surface area (TPSA) is 95.7 Å². The Balaban J connectivity index is 2.08. The average molecular weight is 335 g/mol. The number of nitrogens with two attached hydrogens (primary N) is 1. The predicted molar refractivity (Wildman–Crippen MR) is 85.4 cm³/mol. The second-order valence-electron chi connectivity index (χ2n) is 4.78.